The van der Waals surface area contributed by atoms with Gasteiger partial charge in [-0.3, -0.25) is 0 Å². The van der Waals surface area contributed by atoms with Gasteiger partial charge >= 0.3 is 0 Å². The first-order valence-electron chi connectivity index (χ1n) is 8.96. The van der Waals surface area contributed by atoms with Crippen molar-refractivity contribution >= 4 is 11.6 Å². The van der Waals surface area contributed by atoms with Crippen LogP contribution in [-0.4, -0.2) is 0 Å². The lowest BCUT2D eigenvalue weighted by Crippen LogP contribution is -1.86. The summed E-state index contributed by atoms with van der Waals surface area (Å²) in [4.78, 5) is 0. The molecule has 0 nitrogen and oxygen atoms in total. The van der Waals surface area contributed by atoms with E-state index in [1.54, 1.807) is 0 Å². The number of allylic oxidation sites excluding steroid dienone is 1. The Morgan fingerprint density at radius 2 is 1.35 bits per heavy atom. The standard InChI is InChI=1S/C26H24/c1-19-5-9-23(10-6-19)11-15-26-16-12-24(18-22(26)4)17-21(3)25-13-7-20(2)8-14-25/h5-10,12-14,16-18H,1-4H3. The van der Waals surface area contributed by atoms with Gasteiger partial charge in [0.15, 0.2) is 0 Å². The molecule has 0 bridgehead atoms. The Kier molecular flexibility index (Phi) is 5.40. The molecule has 3 rings (SSSR count). The van der Waals surface area contributed by atoms with Crippen molar-refractivity contribution in [3.8, 4) is 11.8 Å². The van der Waals surface area contributed by atoms with Crippen LogP contribution in [0.1, 0.15) is 45.9 Å². The predicted octanol–water partition coefficient (Wildman–Crippen LogP) is 6.57. The molecule has 0 saturated heterocycles. The van der Waals surface area contributed by atoms with E-state index in [1.165, 1.54) is 33.4 Å². The molecule has 0 N–H and O–H groups in total. The molecule has 0 heterocycles. The summed E-state index contributed by atoms with van der Waals surface area (Å²) in [5, 5.41) is 0. The largest absolute Gasteiger partial charge is 0.0616 e. The molecule has 3 aromatic rings. The van der Waals surface area contributed by atoms with Crippen molar-refractivity contribution in [2.75, 3.05) is 0 Å². The molecule has 0 spiro atoms. The Bertz CT molecular complexity index is 989. The van der Waals surface area contributed by atoms with Gasteiger partial charge in [-0.25, -0.2) is 0 Å². The number of benzene rings is 3. The van der Waals surface area contributed by atoms with Crippen molar-refractivity contribution < 1.29 is 0 Å². The minimum absolute atomic E-state index is 1.05. The summed E-state index contributed by atoms with van der Waals surface area (Å²) in [7, 11) is 0. The van der Waals surface area contributed by atoms with E-state index < -0.39 is 0 Å². The lowest BCUT2D eigenvalue weighted by atomic mass is 10.0. The van der Waals surface area contributed by atoms with E-state index in [1.807, 2.05) is 0 Å². The topological polar surface area (TPSA) is 0 Å². The fraction of sp³-hybridized carbons (Fsp3) is 0.154. The fourth-order valence-corrected chi connectivity index (χ4v) is 2.84. The molecule has 0 radical (unpaired) electrons. The summed E-state index contributed by atoms with van der Waals surface area (Å²) in [6.45, 7) is 8.48. The SMILES string of the molecule is CC(=Cc1ccc(C#Cc2ccc(C)cc2)c(C)c1)c1ccc(C)cc1. The Balaban J connectivity index is 1.82. The van der Waals surface area contributed by atoms with Gasteiger partial charge in [-0.15, -0.1) is 0 Å². The first-order valence-corrected chi connectivity index (χ1v) is 8.96. The quantitative estimate of drug-likeness (QED) is 0.366. The van der Waals surface area contributed by atoms with E-state index in [2.05, 4.69) is 112 Å². The lowest BCUT2D eigenvalue weighted by molar-refractivity contribution is 1.42. The number of hydrogen-bond donors (Lipinski definition) is 0. The van der Waals surface area contributed by atoms with E-state index in [9.17, 15) is 0 Å². The average molecular weight is 336 g/mol. The van der Waals surface area contributed by atoms with Crippen LogP contribution in [0.2, 0.25) is 0 Å². The predicted molar refractivity (Wildman–Crippen MR) is 113 cm³/mol. The third-order valence-electron chi connectivity index (χ3n) is 4.53. The van der Waals surface area contributed by atoms with Crippen LogP contribution in [-0.2, 0) is 0 Å². The molecule has 0 aliphatic carbocycles. The molecule has 0 aliphatic rings. The normalized spacial score (nSPS) is 11.0. The van der Waals surface area contributed by atoms with Crippen LogP contribution in [0.5, 0.6) is 0 Å². The van der Waals surface area contributed by atoms with Crippen molar-refractivity contribution in [1.82, 2.24) is 0 Å². The van der Waals surface area contributed by atoms with Gasteiger partial charge in [0.1, 0.15) is 0 Å². The zero-order valence-corrected chi connectivity index (χ0v) is 15.9. The number of hydrogen-bond acceptors (Lipinski definition) is 0. The zero-order valence-electron chi connectivity index (χ0n) is 15.9. The van der Waals surface area contributed by atoms with Crippen LogP contribution in [0.15, 0.2) is 66.7 Å². The molecule has 3 aromatic carbocycles. The second kappa shape index (κ2) is 7.89. The van der Waals surface area contributed by atoms with Gasteiger partial charge in [-0.1, -0.05) is 77.6 Å². The maximum absolute atomic E-state index is 3.30. The zero-order chi connectivity index (χ0) is 18.5. The van der Waals surface area contributed by atoms with E-state index in [-0.39, 0.29) is 0 Å². The highest BCUT2D eigenvalue weighted by Crippen LogP contribution is 2.20. The van der Waals surface area contributed by atoms with Crippen LogP contribution < -0.4 is 0 Å². The molecule has 0 unspecified atom stereocenters. The van der Waals surface area contributed by atoms with Gasteiger partial charge in [0.25, 0.3) is 0 Å². The maximum Gasteiger partial charge on any atom is 0.0278 e. The summed E-state index contributed by atoms with van der Waals surface area (Å²) in [6, 6.07) is 23.5. The van der Waals surface area contributed by atoms with Crippen molar-refractivity contribution in [2.45, 2.75) is 27.7 Å². The lowest BCUT2D eigenvalue weighted by Gasteiger charge is -2.05. The Morgan fingerprint density at radius 1 is 0.731 bits per heavy atom. The maximum atomic E-state index is 3.30. The van der Waals surface area contributed by atoms with Crippen LogP contribution in [0, 0.1) is 32.6 Å². The second-order valence-corrected chi connectivity index (χ2v) is 6.88. The molecule has 0 atom stereocenters. The van der Waals surface area contributed by atoms with Crippen molar-refractivity contribution in [1.29, 1.82) is 0 Å². The van der Waals surface area contributed by atoms with E-state index in [0.717, 1.165) is 11.1 Å². The van der Waals surface area contributed by atoms with Crippen molar-refractivity contribution in [3.05, 3.63) is 106 Å². The molecular formula is C26H24. The van der Waals surface area contributed by atoms with Gasteiger partial charge in [-0.2, -0.15) is 0 Å². The molecular weight excluding hydrogens is 312 g/mol. The van der Waals surface area contributed by atoms with Gasteiger partial charge in [0.05, 0.1) is 0 Å². The van der Waals surface area contributed by atoms with Gasteiger partial charge in [-0.05, 0) is 68.2 Å². The third-order valence-corrected chi connectivity index (χ3v) is 4.53. The molecule has 128 valence electrons. The van der Waals surface area contributed by atoms with Crippen molar-refractivity contribution in [2.24, 2.45) is 0 Å². The average Bonchev–Trinajstić information content (AvgIpc) is 2.63. The Morgan fingerprint density at radius 3 is 1.96 bits per heavy atom. The highest BCUT2D eigenvalue weighted by atomic mass is 14.0. The molecule has 26 heavy (non-hydrogen) atoms. The minimum atomic E-state index is 1.05. The third kappa shape index (κ3) is 4.52. The van der Waals surface area contributed by atoms with Crippen LogP contribution in [0.25, 0.3) is 11.6 Å². The van der Waals surface area contributed by atoms with E-state index >= 15 is 0 Å². The summed E-state index contributed by atoms with van der Waals surface area (Å²) >= 11 is 0. The fourth-order valence-electron chi connectivity index (χ4n) is 2.84. The van der Waals surface area contributed by atoms with Crippen LogP contribution in [0.3, 0.4) is 0 Å². The first kappa shape index (κ1) is 17.8. The molecule has 0 aromatic heterocycles. The molecule has 0 saturated carbocycles. The highest BCUT2D eigenvalue weighted by molar-refractivity contribution is 5.80. The monoisotopic (exact) mass is 336 g/mol. The molecule has 0 heteroatoms. The second-order valence-electron chi connectivity index (χ2n) is 6.88. The van der Waals surface area contributed by atoms with E-state index in [0.29, 0.717) is 0 Å². The first-order chi connectivity index (χ1) is 12.5. The minimum Gasteiger partial charge on any atom is -0.0616 e. The molecule has 0 amide bonds. The van der Waals surface area contributed by atoms with Gasteiger partial charge in [0.2, 0.25) is 0 Å². The van der Waals surface area contributed by atoms with Gasteiger partial charge < -0.3 is 0 Å². The smallest absolute Gasteiger partial charge is 0.0278 e. The molecule has 0 aliphatic heterocycles. The summed E-state index contributed by atoms with van der Waals surface area (Å²) in [5.74, 6) is 6.55. The van der Waals surface area contributed by atoms with Crippen LogP contribution >= 0.6 is 0 Å². The summed E-state index contributed by atoms with van der Waals surface area (Å²) in [5.41, 5.74) is 9.61. The summed E-state index contributed by atoms with van der Waals surface area (Å²) in [6.07, 6.45) is 2.23. The Hall–Kier alpha value is -3.04. The summed E-state index contributed by atoms with van der Waals surface area (Å²) < 4.78 is 0. The molecule has 0 fully saturated rings. The number of aryl methyl sites for hydroxylation is 3. The van der Waals surface area contributed by atoms with Crippen molar-refractivity contribution in [3.63, 3.8) is 0 Å². The number of rotatable bonds is 2. The van der Waals surface area contributed by atoms with Gasteiger partial charge in [0, 0.05) is 11.1 Å². The van der Waals surface area contributed by atoms with Crippen LogP contribution in [0.4, 0.5) is 0 Å². The Labute approximate surface area is 157 Å². The van der Waals surface area contributed by atoms with E-state index in [4.69, 9.17) is 0 Å². The highest BCUT2D eigenvalue weighted by Gasteiger charge is 1.99.